The molecule has 0 aromatic heterocycles. The number of aromatic hydroxyl groups is 1. The third-order valence-corrected chi connectivity index (χ3v) is 2.70. The first-order valence-corrected chi connectivity index (χ1v) is 5.91. The first kappa shape index (κ1) is 13.5. The average Bonchev–Trinajstić information content (AvgIpc) is 2.30. The number of nitrogens with two attached hydrogens (primary N) is 1. The monoisotopic (exact) mass is 236 g/mol. The molecule has 1 aromatic carbocycles. The third-order valence-electron chi connectivity index (χ3n) is 2.70. The predicted octanol–water partition coefficient (Wildman–Crippen LogP) is 2.10. The normalized spacial score (nSPS) is 12.1. The van der Waals surface area contributed by atoms with Crippen molar-refractivity contribution in [3.8, 4) is 5.75 Å². The van der Waals surface area contributed by atoms with Gasteiger partial charge in [-0.3, -0.25) is 4.79 Å². The molecule has 0 aliphatic carbocycles. The van der Waals surface area contributed by atoms with E-state index in [1.54, 1.807) is 24.3 Å². The fourth-order valence-corrected chi connectivity index (χ4v) is 1.60. The second-order valence-corrected chi connectivity index (χ2v) is 4.29. The van der Waals surface area contributed by atoms with Gasteiger partial charge in [-0.05, 0) is 37.4 Å². The van der Waals surface area contributed by atoms with E-state index in [0.717, 1.165) is 12.8 Å². The summed E-state index contributed by atoms with van der Waals surface area (Å²) in [6.45, 7) is 2.74. The Bertz CT molecular complexity index is 366. The summed E-state index contributed by atoms with van der Waals surface area (Å²) in [5.41, 5.74) is 5.91. The molecule has 1 unspecified atom stereocenters. The van der Waals surface area contributed by atoms with Gasteiger partial charge in [0.15, 0.2) is 0 Å². The van der Waals surface area contributed by atoms with E-state index in [2.05, 4.69) is 12.2 Å². The lowest BCUT2D eigenvalue weighted by atomic mass is 10.0. The number of nitrogens with one attached hydrogen (secondary N) is 1. The zero-order valence-electron chi connectivity index (χ0n) is 10.1. The minimum absolute atomic E-state index is 0.0737. The van der Waals surface area contributed by atoms with Gasteiger partial charge in [-0.2, -0.15) is 0 Å². The molecule has 0 bridgehead atoms. The summed E-state index contributed by atoms with van der Waals surface area (Å²) >= 11 is 0. The van der Waals surface area contributed by atoms with Crippen LogP contribution < -0.4 is 11.1 Å². The number of phenols is 1. The van der Waals surface area contributed by atoms with E-state index in [9.17, 15) is 9.90 Å². The standard InChI is InChI=1S/C13H20N2O2/c1-10(8-9-14)6-7-13(17)15-11-4-2-3-5-12(11)16/h2-5,10,16H,6-9,14H2,1H3,(H,15,17). The van der Waals surface area contributed by atoms with E-state index < -0.39 is 0 Å². The molecule has 1 amide bonds. The highest BCUT2D eigenvalue weighted by atomic mass is 16.3. The van der Waals surface area contributed by atoms with Crippen LogP contribution in [0.2, 0.25) is 0 Å². The van der Waals surface area contributed by atoms with Gasteiger partial charge in [0.25, 0.3) is 0 Å². The van der Waals surface area contributed by atoms with Gasteiger partial charge < -0.3 is 16.2 Å². The van der Waals surface area contributed by atoms with Crippen molar-refractivity contribution in [1.82, 2.24) is 0 Å². The van der Waals surface area contributed by atoms with Gasteiger partial charge in [-0.25, -0.2) is 0 Å². The number of anilines is 1. The second-order valence-electron chi connectivity index (χ2n) is 4.29. The average molecular weight is 236 g/mol. The highest BCUT2D eigenvalue weighted by Crippen LogP contribution is 2.22. The molecule has 4 N–H and O–H groups in total. The van der Waals surface area contributed by atoms with Crippen molar-refractivity contribution in [3.05, 3.63) is 24.3 Å². The molecule has 4 nitrogen and oxygen atoms in total. The summed E-state index contributed by atoms with van der Waals surface area (Å²) in [6, 6.07) is 6.71. The summed E-state index contributed by atoms with van der Waals surface area (Å²) in [5, 5.41) is 12.2. The first-order valence-electron chi connectivity index (χ1n) is 5.91. The van der Waals surface area contributed by atoms with Crippen molar-refractivity contribution >= 4 is 11.6 Å². The summed E-state index contributed by atoms with van der Waals surface area (Å²) in [7, 11) is 0. The first-order chi connectivity index (χ1) is 8.13. The van der Waals surface area contributed by atoms with Gasteiger partial charge in [0.1, 0.15) is 5.75 Å². The second kappa shape index (κ2) is 6.91. The summed E-state index contributed by atoms with van der Waals surface area (Å²) in [5.74, 6) is 0.473. The number of benzene rings is 1. The maximum Gasteiger partial charge on any atom is 0.224 e. The molecule has 0 radical (unpaired) electrons. The summed E-state index contributed by atoms with van der Waals surface area (Å²) in [6.07, 6.45) is 2.20. The maximum atomic E-state index is 11.6. The number of hydrogen-bond acceptors (Lipinski definition) is 3. The van der Waals surface area contributed by atoms with Crippen LogP contribution >= 0.6 is 0 Å². The van der Waals surface area contributed by atoms with Gasteiger partial charge in [-0.1, -0.05) is 19.1 Å². The topological polar surface area (TPSA) is 75.4 Å². The molecule has 0 aliphatic heterocycles. The fraction of sp³-hybridized carbons (Fsp3) is 0.462. The maximum absolute atomic E-state index is 11.6. The number of carbonyl (C=O) groups is 1. The molecule has 0 spiro atoms. The molecule has 1 aromatic rings. The molecule has 0 fully saturated rings. The molecule has 94 valence electrons. The lowest BCUT2D eigenvalue weighted by molar-refractivity contribution is -0.116. The van der Waals surface area contributed by atoms with Gasteiger partial charge >= 0.3 is 0 Å². The Morgan fingerprint density at radius 2 is 2.12 bits per heavy atom. The molecule has 0 saturated carbocycles. The Hall–Kier alpha value is -1.55. The van der Waals surface area contributed by atoms with E-state index in [0.29, 0.717) is 24.6 Å². The van der Waals surface area contributed by atoms with Crippen LogP contribution in [0.25, 0.3) is 0 Å². The number of phenolic OH excluding ortho intramolecular Hbond substituents is 1. The van der Waals surface area contributed by atoms with Crippen LogP contribution in [0.1, 0.15) is 26.2 Å². The van der Waals surface area contributed by atoms with Crippen molar-refractivity contribution in [3.63, 3.8) is 0 Å². The van der Waals surface area contributed by atoms with Crippen LogP contribution in [0.3, 0.4) is 0 Å². The van der Waals surface area contributed by atoms with Gasteiger partial charge in [-0.15, -0.1) is 0 Å². The third kappa shape index (κ3) is 4.87. The van der Waals surface area contributed by atoms with E-state index >= 15 is 0 Å². The Labute approximate surface area is 102 Å². The van der Waals surface area contributed by atoms with Crippen LogP contribution in [0.5, 0.6) is 5.75 Å². The van der Waals surface area contributed by atoms with Gasteiger partial charge in [0.05, 0.1) is 5.69 Å². The zero-order chi connectivity index (χ0) is 12.7. The summed E-state index contributed by atoms with van der Waals surface area (Å²) < 4.78 is 0. The molecule has 0 heterocycles. The lowest BCUT2D eigenvalue weighted by Crippen LogP contribution is -2.14. The molecule has 17 heavy (non-hydrogen) atoms. The quantitative estimate of drug-likeness (QED) is 0.662. The number of hydrogen-bond donors (Lipinski definition) is 3. The Kier molecular flexibility index (Phi) is 5.49. The van der Waals surface area contributed by atoms with Crippen LogP contribution in [0.4, 0.5) is 5.69 Å². The van der Waals surface area contributed by atoms with Crippen molar-refractivity contribution in [2.45, 2.75) is 26.2 Å². The molecular formula is C13H20N2O2. The van der Waals surface area contributed by atoms with E-state index in [-0.39, 0.29) is 11.7 Å². The highest BCUT2D eigenvalue weighted by Gasteiger charge is 2.08. The van der Waals surface area contributed by atoms with Gasteiger partial charge in [0.2, 0.25) is 5.91 Å². The lowest BCUT2D eigenvalue weighted by Gasteiger charge is -2.10. The molecular weight excluding hydrogens is 216 g/mol. The van der Waals surface area contributed by atoms with Crippen molar-refractivity contribution in [1.29, 1.82) is 0 Å². The molecule has 0 saturated heterocycles. The Balaban J connectivity index is 2.37. The Morgan fingerprint density at radius 1 is 1.41 bits per heavy atom. The van der Waals surface area contributed by atoms with Crippen LogP contribution in [0, 0.1) is 5.92 Å². The number of rotatable bonds is 6. The number of amides is 1. The molecule has 1 rings (SSSR count). The highest BCUT2D eigenvalue weighted by molar-refractivity contribution is 5.92. The molecule has 4 heteroatoms. The Morgan fingerprint density at radius 3 is 2.76 bits per heavy atom. The fourth-order valence-electron chi connectivity index (χ4n) is 1.60. The largest absolute Gasteiger partial charge is 0.506 e. The van der Waals surface area contributed by atoms with Crippen molar-refractivity contribution in [2.24, 2.45) is 11.7 Å². The minimum atomic E-state index is -0.0737. The smallest absolute Gasteiger partial charge is 0.224 e. The zero-order valence-corrected chi connectivity index (χ0v) is 10.1. The number of carbonyl (C=O) groups excluding carboxylic acids is 1. The van der Waals surface area contributed by atoms with Crippen LogP contribution in [-0.2, 0) is 4.79 Å². The SMILES string of the molecule is CC(CCN)CCC(=O)Nc1ccccc1O. The molecule has 1 atom stereocenters. The predicted molar refractivity (Wildman–Crippen MR) is 68.8 cm³/mol. The van der Waals surface area contributed by atoms with Crippen molar-refractivity contribution in [2.75, 3.05) is 11.9 Å². The van der Waals surface area contributed by atoms with Crippen LogP contribution in [0.15, 0.2) is 24.3 Å². The van der Waals surface area contributed by atoms with E-state index in [4.69, 9.17) is 5.73 Å². The van der Waals surface area contributed by atoms with Crippen LogP contribution in [-0.4, -0.2) is 17.6 Å². The summed E-state index contributed by atoms with van der Waals surface area (Å²) in [4.78, 5) is 11.6. The minimum Gasteiger partial charge on any atom is -0.506 e. The van der Waals surface area contributed by atoms with Gasteiger partial charge in [0, 0.05) is 6.42 Å². The van der Waals surface area contributed by atoms with E-state index in [1.165, 1.54) is 0 Å². The van der Waals surface area contributed by atoms with E-state index in [1.807, 2.05) is 0 Å². The molecule has 0 aliphatic rings. The number of para-hydroxylation sites is 2. The van der Waals surface area contributed by atoms with Crippen molar-refractivity contribution < 1.29 is 9.90 Å².